The molecule has 0 atom stereocenters. The summed E-state index contributed by atoms with van der Waals surface area (Å²) < 4.78 is 11.4. The van der Waals surface area contributed by atoms with Crippen molar-refractivity contribution in [3.63, 3.8) is 0 Å². The highest BCUT2D eigenvalue weighted by atomic mass is 32.1. The van der Waals surface area contributed by atoms with Gasteiger partial charge in [0.2, 0.25) is 0 Å². The van der Waals surface area contributed by atoms with E-state index in [1.807, 2.05) is 6.07 Å². The molecule has 0 saturated heterocycles. The first-order valence-electron chi connectivity index (χ1n) is 8.33. The minimum atomic E-state index is -0.0972. The standard InChI is InChI=1S/C18H20N2O3S/c21-17(14-10-24-12-20-14)19-11-18(5-1-2-6-18)13-3-4-15-16(9-13)23-8-7-22-15/h3-4,9-10,12H,1-2,5-8,11H2,(H,19,21). The van der Waals surface area contributed by atoms with Crippen LogP contribution in [0, 0.1) is 0 Å². The van der Waals surface area contributed by atoms with Gasteiger partial charge in [0.05, 0.1) is 5.51 Å². The number of nitrogens with zero attached hydrogens (tertiary/aromatic N) is 1. The van der Waals surface area contributed by atoms with Crippen LogP contribution >= 0.6 is 11.3 Å². The summed E-state index contributed by atoms with van der Waals surface area (Å²) >= 11 is 1.43. The maximum Gasteiger partial charge on any atom is 0.270 e. The van der Waals surface area contributed by atoms with E-state index in [0.29, 0.717) is 25.5 Å². The van der Waals surface area contributed by atoms with Gasteiger partial charge in [0, 0.05) is 17.3 Å². The van der Waals surface area contributed by atoms with Crippen molar-refractivity contribution in [3.05, 3.63) is 40.3 Å². The predicted molar refractivity (Wildman–Crippen MR) is 92.0 cm³/mol. The number of carbonyl (C=O) groups is 1. The van der Waals surface area contributed by atoms with Gasteiger partial charge in [-0.3, -0.25) is 4.79 Å². The van der Waals surface area contributed by atoms with Crippen LogP contribution in [-0.4, -0.2) is 30.6 Å². The Labute approximate surface area is 145 Å². The van der Waals surface area contributed by atoms with Gasteiger partial charge in [0.25, 0.3) is 5.91 Å². The molecular weight excluding hydrogens is 324 g/mol. The Morgan fingerprint density at radius 1 is 1.21 bits per heavy atom. The van der Waals surface area contributed by atoms with Gasteiger partial charge in [-0.1, -0.05) is 18.9 Å². The van der Waals surface area contributed by atoms with Crippen LogP contribution in [0.4, 0.5) is 0 Å². The fraction of sp³-hybridized carbons (Fsp3) is 0.444. The third kappa shape index (κ3) is 2.86. The molecule has 0 unspecified atom stereocenters. The summed E-state index contributed by atoms with van der Waals surface area (Å²) in [5.74, 6) is 1.53. The van der Waals surface area contributed by atoms with Crippen LogP contribution in [0.3, 0.4) is 0 Å². The lowest BCUT2D eigenvalue weighted by Crippen LogP contribution is -2.39. The minimum absolute atomic E-state index is 0.0263. The quantitative estimate of drug-likeness (QED) is 0.925. The number of hydrogen-bond acceptors (Lipinski definition) is 5. The van der Waals surface area contributed by atoms with Crippen LogP contribution in [0.2, 0.25) is 0 Å². The summed E-state index contributed by atoms with van der Waals surface area (Å²) in [6, 6.07) is 6.20. The number of aromatic nitrogens is 1. The van der Waals surface area contributed by atoms with Crippen molar-refractivity contribution in [1.29, 1.82) is 0 Å². The molecule has 5 nitrogen and oxygen atoms in total. The highest BCUT2D eigenvalue weighted by Crippen LogP contribution is 2.43. The Balaban J connectivity index is 1.56. The Morgan fingerprint density at radius 3 is 2.75 bits per heavy atom. The zero-order valence-electron chi connectivity index (χ0n) is 13.4. The molecule has 1 fully saturated rings. The molecule has 1 aromatic carbocycles. The van der Waals surface area contributed by atoms with E-state index in [4.69, 9.17) is 9.47 Å². The van der Waals surface area contributed by atoms with Gasteiger partial charge in [0.1, 0.15) is 18.9 Å². The lowest BCUT2D eigenvalue weighted by atomic mass is 9.78. The van der Waals surface area contributed by atoms with E-state index in [1.165, 1.54) is 29.7 Å². The van der Waals surface area contributed by atoms with Gasteiger partial charge in [-0.2, -0.15) is 0 Å². The highest BCUT2D eigenvalue weighted by molar-refractivity contribution is 7.07. The molecule has 2 heterocycles. The molecule has 1 aliphatic carbocycles. The van der Waals surface area contributed by atoms with E-state index in [1.54, 1.807) is 10.9 Å². The maximum absolute atomic E-state index is 12.3. The molecule has 2 aromatic rings. The number of thiazole rings is 1. The van der Waals surface area contributed by atoms with Crippen molar-refractivity contribution in [3.8, 4) is 11.5 Å². The first kappa shape index (κ1) is 15.4. The van der Waals surface area contributed by atoms with Crippen LogP contribution in [0.1, 0.15) is 41.7 Å². The van der Waals surface area contributed by atoms with Crippen LogP contribution in [0.15, 0.2) is 29.1 Å². The van der Waals surface area contributed by atoms with Crippen molar-refractivity contribution in [2.45, 2.75) is 31.1 Å². The number of fused-ring (bicyclic) bond motifs is 1. The third-order valence-corrected chi connectivity index (χ3v) is 5.55. The SMILES string of the molecule is O=C(NCC1(c2ccc3c(c2)OCCO3)CCCC1)c1cscn1. The second kappa shape index (κ2) is 6.43. The Hall–Kier alpha value is -2.08. The molecule has 1 amide bonds. The van der Waals surface area contributed by atoms with E-state index >= 15 is 0 Å². The molecule has 1 saturated carbocycles. The average Bonchev–Trinajstić information content (AvgIpc) is 3.32. The predicted octanol–water partition coefficient (Wildman–Crippen LogP) is 3.16. The maximum atomic E-state index is 12.3. The van der Waals surface area contributed by atoms with Crippen molar-refractivity contribution in [2.75, 3.05) is 19.8 Å². The van der Waals surface area contributed by atoms with Crippen LogP contribution < -0.4 is 14.8 Å². The molecule has 2 aliphatic rings. The fourth-order valence-corrected chi connectivity index (χ4v) is 4.19. The monoisotopic (exact) mass is 344 g/mol. The van der Waals surface area contributed by atoms with Gasteiger partial charge < -0.3 is 14.8 Å². The van der Waals surface area contributed by atoms with Gasteiger partial charge in [0.15, 0.2) is 11.5 Å². The summed E-state index contributed by atoms with van der Waals surface area (Å²) in [5.41, 5.74) is 3.38. The number of ether oxygens (including phenoxy) is 2. The lowest BCUT2D eigenvalue weighted by Gasteiger charge is -2.31. The highest BCUT2D eigenvalue weighted by Gasteiger charge is 2.37. The zero-order valence-corrected chi connectivity index (χ0v) is 14.2. The van der Waals surface area contributed by atoms with E-state index in [0.717, 1.165) is 24.3 Å². The lowest BCUT2D eigenvalue weighted by molar-refractivity contribution is 0.0938. The zero-order chi connectivity index (χ0) is 16.4. The molecular formula is C18H20N2O3S. The Kier molecular flexibility index (Phi) is 4.14. The van der Waals surface area contributed by atoms with Gasteiger partial charge in [-0.15, -0.1) is 11.3 Å². The van der Waals surface area contributed by atoms with E-state index < -0.39 is 0 Å². The van der Waals surface area contributed by atoms with Crippen molar-refractivity contribution < 1.29 is 14.3 Å². The number of rotatable bonds is 4. The number of nitrogens with one attached hydrogen (secondary N) is 1. The largest absolute Gasteiger partial charge is 0.486 e. The summed E-state index contributed by atoms with van der Waals surface area (Å²) in [5, 5.41) is 4.86. The number of hydrogen-bond donors (Lipinski definition) is 1. The van der Waals surface area contributed by atoms with Crippen LogP contribution in [0.5, 0.6) is 11.5 Å². The molecule has 0 bridgehead atoms. The number of benzene rings is 1. The number of carbonyl (C=O) groups excluding carboxylic acids is 1. The molecule has 1 N–H and O–H groups in total. The van der Waals surface area contributed by atoms with Crippen LogP contribution in [0.25, 0.3) is 0 Å². The Bertz CT molecular complexity index is 724. The van der Waals surface area contributed by atoms with Gasteiger partial charge in [-0.25, -0.2) is 4.98 Å². The van der Waals surface area contributed by atoms with E-state index in [2.05, 4.69) is 22.4 Å². The first-order chi connectivity index (χ1) is 11.8. The summed E-state index contributed by atoms with van der Waals surface area (Å²) in [4.78, 5) is 16.3. The van der Waals surface area contributed by atoms with Crippen LogP contribution in [-0.2, 0) is 5.41 Å². The second-order valence-electron chi connectivity index (χ2n) is 6.40. The first-order valence-corrected chi connectivity index (χ1v) is 9.28. The normalized spacial score (nSPS) is 18.3. The summed E-state index contributed by atoms with van der Waals surface area (Å²) in [6.45, 7) is 1.81. The molecule has 1 aliphatic heterocycles. The molecule has 24 heavy (non-hydrogen) atoms. The molecule has 126 valence electrons. The molecule has 0 spiro atoms. The van der Waals surface area contributed by atoms with Crippen molar-refractivity contribution >= 4 is 17.2 Å². The molecule has 4 rings (SSSR count). The second-order valence-corrected chi connectivity index (χ2v) is 7.12. The summed E-state index contributed by atoms with van der Waals surface area (Å²) in [6.07, 6.45) is 4.51. The smallest absolute Gasteiger partial charge is 0.270 e. The van der Waals surface area contributed by atoms with Crippen molar-refractivity contribution in [2.24, 2.45) is 0 Å². The minimum Gasteiger partial charge on any atom is -0.486 e. The summed E-state index contributed by atoms with van der Waals surface area (Å²) in [7, 11) is 0. The fourth-order valence-electron chi connectivity index (χ4n) is 3.66. The van der Waals surface area contributed by atoms with E-state index in [9.17, 15) is 4.79 Å². The molecule has 0 radical (unpaired) electrons. The van der Waals surface area contributed by atoms with Gasteiger partial charge in [-0.05, 0) is 30.5 Å². The van der Waals surface area contributed by atoms with E-state index in [-0.39, 0.29) is 11.3 Å². The molecule has 1 aromatic heterocycles. The Morgan fingerprint density at radius 2 is 2.00 bits per heavy atom. The number of amides is 1. The van der Waals surface area contributed by atoms with Gasteiger partial charge >= 0.3 is 0 Å². The molecule has 6 heteroatoms. The van der Waals surface area contributed by atoms with Crippen molar-refractivity contribution in [1.82, 2.24) is 10.3 Å². The third-order valence-electron chi connectivity index (χ3n) is 4.97. The topological polar surface area (TPSA) is 60.5 Å². The average molecular weight is 344 g/mol.